The molecule has 6 nitrogen and oxygen atoms in total. The van der Waals surface area contributed by atoms with E-state index in [9.17, 15) is 4.79 Å². The maximum Gasteiger partial charge on any atom is 0.410 e. The van der Waals surface area contributed by atoms with Crippen LogP contribution in [0.3, 0.4) is 0 Å². The fourth-order valence-electron chi connectivity index (χ4n) is 2.64. The monoisotopic (exact) mass is 337 g/mol. The largest absolute Gasteiger partial charge is 0.444 e. The summed E-state index contributed by atoms with van der Waals surface area (Å²) in [5.41, 5.74) is 0.588. The second-order valence-corrected chi connectivity index (χ2v) is 8.56. The number of carbonyl (C=O) groups excluding carboxylic acids is 1. The lowest BCUT2D eigenvalue weighted by Gasteiger charge is -2.32. The highest BCUT2D eigenvalue weighted by atomic mass is 16.6. The van der Waals surface area contributed by atoms with Gasteiger partial charge in [0.2, 0.25) is 0 Å². The first-order valence-corrected chi connectivity index (χ1v) is 8.72. The van der Waals surface area contributed by atoms with Gasteiger partial charge >= 0.3 is 6.09 Å². The molecule has 1 amide bonds. The number of aromatic nitrogens is 1. The van der Waals surface area contributed by atoms with Crippen LogP contribution in [0.1, 0.15) is 71.8 Å². The van der Waals surface area contributed by atoms with Gasteiger partial charge in [0.15, 0.2) is 5.76 Å². The summed E-state index contributed by atoms with van der Waals surface area (Å²) in [5.74, 6) is 1.20. The van der Waals surface area contributed by atoms with E-state index in [2.05, 4.69) is 31.2 Å². The first-order chi connectivity index (χ1) is 11.0. The topological polar surface area (TPSA) is 67.6 Å². The number of nitrogens with zero attached hydrogens (tertiary/aromatic N) is 2. The van der Waals surface area contributed by atoms with Crippen LogP contribution in [0.2, 0.25) is 0 Å². The summed E-state index contributed by atoms with van der Waals surface area (Å²) in [7, 11) is 0. The maximum atomic E-state index is 12.1. The second kappa shape index (κ2) is 7.13. The van der Waals surface area contributed by atoms with Crippen LogP contribution in [0.15, 0.2) is 10.6 Å². The van der Waals surface area contributed by atoms with E-state index in [1.807, 2.05) is 26.8 Å². The molecule has 2 heterocycles. The lowest BCUT2D eigenvalue weighted by atomic mass is 9.93. The van der Waals surface area contributed by atoms with Gasteiger partial charge in [-0.25, -0.2) is 4.79 Å². The average Bonchev–Trinajstić information content (AvgIpc) is 2.92. The Hall–Kier alpha value is -1.56. The predicted octanol–water partition coefficient (Wildman–Crippen LogP) is 3.68. The third kappa shape index (κ3) is 5.82. The van der Waals surface area contributed by atoms with E-state index >= 15 is 0 Å². The number of amides is 1. The van der Waals surface area contributed by atoms with Crippen molar-refractivity contribution >= 4 is 6.09 Å². The molecule has 0 aromatic carbocycles. The second-order valence-electron chi connectivity index (χ2n) is 8.56. The van der Waals surface area contributed by atoms with E-state index in [1.165, 1.54) is 0 Å². The van der Waals surface area contributed by atoms with E-state index in [0.29, 0.717) is 25.6 Å². The van der Waals surface area contributed by atoms with Crippen molar-refractivity contribution in [2.75, 3.05) is 13.1 Å². The van der Waals surface area contributed by atoms with Gasteiger partial charge in [-0.05, 0) is 54.4 Å². The van der Waals surface area contributed by atoms with Crippen molar-refractivity contribution in [1.82, 2.24) is 15.4 Å². The molecule has 1 aliphatic heterocycles. The summed E-state index contributed by atoms with van der Waals surface area (Å²) >= 11 is 0. The van der Waals surface area contributed by atoms with Crippen LogP contribution < -0.4 is 5.32 Å². The molecule has 0 bridgehead atoms. The van der Waals surface area contributed by atoms with E-state index in [0.717, 1.165) is 24.3 Å². The summed E-state index contributed by atoms with van der Waals surface area (Å²) < 4.78 is 10.9. The van der Waals surface area contributed by atoms with Gasteiger partial charge in [0.05, 0.1) is 12.2 Å². The number of piperidine rings is 1. The number of rotatable bonds is 3. The summed E-state index contributed by atoms with van der Waals surface area (Å²) in [4.78, 5) is 13.9. The van der Waals surface area contributed by atoms with Crippen molar-refractivity contribution in [2.24, 2.45) is 0 Å². The van der Waals surface area contributed by atoms with Gasteiger partial charge < -0.3 is 19.5 Å². The molecule has 1 N–H and O–H groups in total. The molecule has 0 atom stereocenters. The average molecular weight is 337 g/mol. The van der Waals surface area contributed by atoms with Crippen molar-refractivity contribution in [3.8, 4) is 0 Å². The number of likely N-dealkylation sites (tertiary alicyclic amines) is 1. The zero-order valence-electron chi connectivity index (χ0n) is 15.8. The predicted molar refractivity (Wildman–Crippen MR) is 92.9 cm³/mol. The van der Waals surface area contributed by atoms with Gasteiger partial charge in [0, 0.05) is 30.6 Å². The van der Waals surface area contributed by atoms with Crippen LogP contribution in [0.4, 0.5) is 4.79 Å². The number of ether oxygens (including phenoxy) is 1. The summed E-state index contributed by atoms with van der Waals surface area (Å²) in [5, 5.41) is 7.62. The third-order valence-corrected chi connectivity index (χ3v) is 3.94. The smallest absolute Gasteiger partial charge is 0.410 e. The Labute approximate surface area is 144 Å². The molecule has 1 aromatic heterocycles. The molecule has 1 saturated heterocycles. The minimum absolute atomic E-state index is 0.0473. The summed E-state index contributed by atoms with van der Waals surface area (Å²) in [6, 6.07) is 2.03. The molecule has 0 aliphatic carbocycles. The quantitative estimate of drug-likeness (QED) is 0.911. The Morgan fingerprint density at radius 2 is 1.92 bits per heavy atom. The van der Waals surface area contributed by atoms with Gasteiger partial charge in [0.25, 0.3) is 0 Å². The number of nitrogens with one attached hydrogen (secondary N) is 1. The molecule has 0 radical (unpaired) electrons. The molecule has 0 spiro atoms. The molecule has 2 rings (SSSR count). The molecule has 6 heteroatoms. The summed E-state index contributed by atoms with van der Waals surface area (Å²) in [6.07, 6.45) is 1.55. The van der Waals surface area contributed by atoms with E-state index in [1.54, 1.807) is 4.90 Å². The van der Waals surface area contributed by atoms with Crippen LogP contribution in [0, 0.1) is 0 Å². The normalized spacial score (nSPS) is 17.2. The van der Waals surface area contributed by atoms with Crippen molar-refractivity contribution in [2.45, 2.75) is 78.0 Å². The van der Waals surface area contributed by atoms with Gasteiger partial charge in [-0.1, -0.05) is 5.16 Å². The molecule has 1 aromatic rings. The minimum atomic E-state index is -0.449. The van der Waals surface area contributed by atoms with E-state index in [4.69, 9.17) is 9.26 Å². The van der Waals surface area contributed by atoms with Gasteiger partial charge in [-0.15, -0.1) is 0 Å². The molecule has 24 heavy (non-hydrogen) atoms. The molecule has 0 unspecified atom stereocenters. The molecular weight excluding hydrogens is 306 g/mol. The Balaban J connectivity index is 1.84. The third-order valence-electron chi connectivity index (χ3n) is 3.94. The first-order valence-electron chi connectivity index (χ1n) is 8.72. The lowest BCUT2D eigenvalue weighted by Crippen LogP contribution is -2.41. The minimum Gasteiger partial charge on any atom is -0.444 e. The molecule has 136 valence electrons. The Kier molecular flexibility index (Phi) is 5.58. The lowest BCUT2D eigenvalue weighted by molar-refractivity contribution is 0.0203. The van der Waals surface area contributed by atoms with Crippen molar-refractivity contribution in [3.63, 3.8) is 0 Å². The Morgan fingerprint density at radius 3 is 2.46 bits per heavy atom. The van der Waals surface area contributed by atoms with Crippen LogP contribution in [-0.4, -0.2) is 40.4 Å². The Bertz CT molecular complexity index is 547. The fraction of sp³-hybridized carbons (Fsp3) is 0.778. The van der Waals surface area contributed by atoms with Crippen LogP contribution >= 0.6 is 0 Å². The van der Waals surface area contributed by atoms with E-state index < -0.39 is 5.60 Å². The zero-order valence-corrected chi connectivity index (χ0v) is 15.8. The van der Waals surface area contributed by atoms with Crippen LogP contribution in [0.5, 0.6) is 0 Å². The standard InChI is InChI=1S/C18H31N3O3/c1-17(2,3)19-12-14-11-15(20-24-14)13-7-9-21(10-8-13)16(22)23-18(4,5)6/h11,13,19H,7-10,12H2,1-6H3. The molecule has 1 fully saturated rings. The molecular formula is C18H31N3O3. The first kappa shape index (κ1) is 18.8. The summed E-state index contributed by atoms with van der Waals surface area (Å²) in [6.45, 7) is 14.1. The van der Waals surface area contributed by atoms with Crippen molar-refractivity contribution in [3.05, 3.63) is 17.5 Å². The van der Waals surface area contributed by atoms with Crippen LogP contribution in [0.25, 0.3) is 0 Å². The van der Waals surface area contributed by atoms with Gasteiger partial charge in [-0.2, -0.15) is 0 Å². The molecule has 1 aliphatic rings. The van der Waals surface area contributed by atoms with Crippen molar-refractivity contribution < 1.29 is 14.1 Å². The number of carbonyl (C=O) groups is 1. The highest BCUT2D eigenvalue weighted by molar-refractivity contribution is 5.68. The van der Waals surface area contributed by atoms with Crippen LogP contribution in [-0.2, 0) is 11.3 Å². The highest BCUT2D eigenvalue weighted by Gasteiger charge is 2.28. The SMILES string of the molecule is CC(C)(C)NCc1cc(C2CCN(C(=O)OC(C)(C)C)CC2)no1. The van der Waals surface area contributed by atoms with Gasteiger partial charge in [-0.3, -0.25) is 0 Å². The molecule has 0 saturated carbocycles. The number of hydrogen-bond donors (Lipinski definition) is 1. The van der Waals surface area contributed by atoms with Gasteiger partial charge in [0.1, 0.15) is 5.60 Å². The zero-order chi connectivity index (χ0) is 18.0. The van der Waals surface area contributed by atoms with Crippen molar-refractivity contribution in [1.29, 1.82) is 0 Å². The fourth-order valence-corrected chi connectivity index (χ4v) is 2.64. The number of hydrogen-bond acceptors (Lipinski definition) is 5. The maximum absolute atomic E-state index is 12.1. The van der Waals surface area contributed by atoms with E-state index in [-0.39, 0.29) is 11.6 Å². The highest BCUT2D eigenvalue weighted by Crippen LogP contribution is 2.28. The Morgan fingerprint density at radius 1 is 1.29 bits per heavy atom.